The summed E-state index contributed by atoms with van der Waals surface area (Å²) < 4.78 is 10.4. The Morgan fingerprint density at radius 3 is 2.57 bits per heavy atom. The maximum Gasteiger partial charge on any atom is 0.307 e. The molecule has 23 heavy (non-hydrogen) atoms. The van der Waals surface area contributed by atoms with Gasteiger partial charge in [-0.05, 0) is 50.8 Å². The van der Waals surface area contributed by atoms with Crippen molar-refractivity contribution in [3.05, 3.63) is 28.8 Å². The summed E-state index contributed by atoms with van der Waals surface area (Å²) in [6.45, 7) is 5.93. The summed E-state index contributed by atoms with van der Waals surface area (Å²) in [6.07, 6.45) is 2.12. The molecule has 1 aliphatic rings. The van der Waals surface area contributed by atoms with Gasteiger partial charge in [0.25, 0.3) is 0 Å². The fourth-order valence-electron chi connectivity index (χ4n) is 2.74. The lowest BCUT2D eigenvalue weighted by atomic mass is 9.96. The van der Waals surface area contributed by atoms with Crippen molar-refractivity contribution in [2.45, 2.75) is 52.1 Å². The molecule has 1 aromatic rings. The fourth-order valence-corrected chi connectivity index (χ4v) is 2.74. The predicted molar refractivity (Wildman–Crippen MR) is 88.0 cm³/mol. The topological polar surface area (TPSA) is 64.6 Å². The van der Waals surface area contributed by atoms with E-state index >= 15 is 0 Å². The summed E-state index contributed by atoms with van der Waals surface area (Å²) in [7, 11) is 1.56. The Morgan fingerprint density at radius 2 is 2.00 bits per heavy atom. The average molecular weight is 319 g/mol. The van der Waals surface area contributed by atoms with E-state index in [1.165, 1.54) is 0 Å². The van der Waals surface area contributed by atoms with Gasteiger partial charge < -0.3 is 14.8 Å². The maximum absolute atomic E-state index is 13.0. The molecule has 1 unspecified atom stereocenters. The van der Waals surface area contributed by atoms with Crippen molar-refractivity contribution in [2.24, 2.45) is 0 Å². The fraction of sp³-hybridized carbons (Fsp3) is 0.556. The summed E-state index contributed by atoms with van der Waals surface area (Å²) >= 11 is 0. The Bertz CT molecular complexity index is 593. The molecular formula is C18H25NO4. The number of benzene rings is 1. The van der Waals surface area contributed by atoms with Gasteiger partial charge in [-0.2, -0.15) is 0 Å². The van der Waals surface area contributed by atoms with Gasteiger partial charge in [-0.15, -0.1) is 0 Å². The van der Waals surface area contributed by atoms with Gasteiger partial charge in [-0.25, -0.2) is 0 Å². The Morgan fingerprint density at radius 1 is 1.30 bits per heavy atom. The first-order valence-corrected chi connectivity index (χ1v) is 8.07. The summed E-state index contributed by atoms with van der Waals surface area (Å²) in [5, 5.41) is 3.26. The number of esters is 1. The minimum Gasteiger partial charge on any atom is -0.496 e. The molecule has 5 nitrogen and oxygen atoms in total. The molecule has 1 fully saturated rings. The molecule has 0 amide bonds. The SMILES string of the molecule is CCOC(=O)CC(NC1CC1)C(=O)c1cc(C)cc(C)c1OC. The molecule has 0 bridgehead atoms. The first kappa shape index (κ1) is 17.5. The molecule has 0 spiro atoms. The molecule has 126 valence electrons. The molecule has 1 aliphatic carbocycles. The summed E-state index contributed by atoms with van der Waals surface area (Å²) in [6, 6.07) is 3.54. The van der Waals surface area contributed by atoms with Crippen molar-refractivity contribution >= 4 is 11.8 Å². The summed E-state index contributed by atoms with van der Waals surface area (Å²) in [5.41, 5.74) is 2.43. The van der Waals surface area contributed by atoms with Crippen LogP contribution in [0.4, 0.5) is 0 Å². The van der Waals surface area contributed by atoms with E-state index in [9.17, 15) is 9.59 Å². The first-order chi connectivity index (χ1) is 11.0. The quantitative estimate of drug-likeness (QED) is 0.589. The normalized spacial score (nSPS) is 15.1. The van der Waals surface area contributed by atoms with E-state index in [2.05, 4.69) is 5.32 Å². The third-order valence-electron chi connectivity index (χ3n) is 3.90. The second-order valence-corrected chi connectivity index (χ2v) is 6.03. The highest BCUT2D eigenvalue weighted by Gasteiger charge is 2.32. The van der Waals surface area contributed by atoms with Crippen molar-refractivity contribution in [3.63, 3.8) is 0 Å². The van der Waals surface area contributed by atoms with Crippen LogP contribution in [0.25, 0.3) is 0 Å². The molecule has 1 N–H and O–H groups in total. The number of hydrogen-bond acceptors (Lipinski definition) is 5. The van der Waals surface area contributed by atoms with Crippen LogP contribution in [0.15, 0.2) is 12.1 Å². The number of nitrogens with one attached hydrogen (secondary N) is 1. The van der Waals surface area contributed by atoms with Crippen LogP contribution < -0.4 is 10.1 Å². The third-order valence-corrected chi connectivity index (χ3v) is 3.90. The van der Waals surface area contributed by atoms with Gasteiger partial charge in [-0.1, -0.05) is 6.07 Å². The predicted octanol–water partition coefficient (Wildman–Crippen LogP) is 2.57. The van der Waals surface area contributed by atoms with Gasteiger partial charge in [0, 0.05) is 6.04 Å². The molecule has 5 heteroatoms. The Balaban J connectivity index is 2.27. The largest absolute Gasteiger partial charge is 0.496 e. The van der Waals surface area contributed by atoms with E-state index in [-0.39, 0.29) is 18.2 Å². The standard InChI is InChI=1S/C18H25NO4/c1-5-23-16(20)10-15(19-13-6-7-13)17(21)14-9-11(2)8-12(3)18(14)22-4/h8-9,13,15,19H,5-7,10H2,1-4H3. The van der Waals surface area contributed by atoms with Gasteiger partial charge >= 0.3 is 5.97 Å². The monoisotopic (exact) mass is 319 g/mol. The molecular weight excluding hydrogens is 294 g/mol. The van der Waals surface area contributed by atoms with Crippen molar-refractivity contribution in [1.29, 1.82) is 0 Å². The van der Waals surface area contributed by atoms with E-state index < -0.39 is 6.04 Å². The minimum atomic E-state index is -0.573. The van der Waals surface area contributed by atoms with E-state index in [1.807, 2.05) is 26.0 Å². The second-order valence-electron chi connectivity index (χ2n) is 6.03. The maximum atomic E-state index is 13.0. The summed E-state index contributed by atoms with van der Waals surface area (Å²) in [5.74, 6) is 0.100. The number of ether oxygens (including phenoxy) is 2. The van der Waals surface area contributed by atoms with Gasteiger partial charge in [0.1, 0.15) is 5.75 Å². The number of carbonyl (C=O) groups excluding carboxylic acids is 2. The highest BCUT2D eigenvalue weighted by atomic mass is 16.5. The number of ketones is 1. The van der Waals surface area contributed by atoms with Crippen LogP contribution >= 0.6 is 0 Å². The smallest absolute Gasteiger partial charge is 0.307 e. The molecule has 2 rings (SSSR count). The Kier molecular flexibility index (Phi) is 5.77. The lowest BCUT2D eigenvalue weighted by Gasteiger charge is -2.19. The molecule has 0 aliphatic heterocycles. The first-order valence-electron chi connectivity index (χ1n) is 8.07. The zero-order valence-electron chi connectivity index (χ0n) is 14.3. The van der Waals surface area contributed by atoms with Crippen molar-refractivity contribution < 1.29 is 19.1 Å². The lowest BCUT2D eigenvalue weighted by molar-refractivity contribution is -0.143. The van der Waals surface area contributed by atoms with E-state index in [0.29, 0.717) is 24.0 Å². The van der Waals surface area contributed by atoms with Crippen LogP contribution in [0.5, 0.6) is 5.75 Å². The molecule has 0 radical (unpaired) electrons. The number of aryl methyl sites for hydroxylation is 2. The van der Waals surface area contributed by atoms with Crippen LogP contribution in [0.2, 0.25) is 0 Å². The van der Waals surface area contributed by atoms with E-state index in [4.69, 9.17) is 9.47 Å². The van der Waals surface area contributed by atoms with Crippen LogP contribution in [0.3, 0.4) is 0 Å². The molecule has 0 heterocycles. The highest BCUT2D eigenvalue weighted by molar-refractivity contribution is 6.04. The molecule has 1 saturated carbocycles. The van der Waals surface area contributed by atoms with Gasteiger partial charge in [0.05, 0.1) is 31.7 Å². The van der Waals surface area contributed by atoms with Crippen LogP contribution in [-0.4, -0.2) is 37.6 Å². The van der Waals surface area contributed by atoms with E-state index in [1.54, 1.807) is 14.0 Å². The van der Waals surface area contributed by atoms with E-state index in [0.717, 1.165) is 24.0 Å². The molecule has 1 atom stereocenters. The molecule has 1 aromatic carbocycles. The number of carbonyl (C=O) groups is 2. The minimum absolute atomic E-state index is 0.0410. The van der Waals surface area contributed by atoms with Crippen molar-refractivity contribution in [2.75, 3.05) is 13.7 Å². The lowest BCUT2D eigenvalue weighted by Crippen LogP contribution is -2.40. The number of methoxy groups -OCH3 is 1. The van der Waals surface area contributed by atoms with Gasteiger partial charge in [0.2, 0.25) is 0 Å². The highest BCUT2D eigenvalue weighted by Crippen LogP contribution is 2.28. The zero-order valence-corrected chi connectivity index (χ0v) is 14.3. The Hall–Kier alpha value is -1.88. The number of hydrogen-bond donors (Lipinski definition) is 1. The Labute approximate surface area is 137 Å². The van der Waals surface area contributed by atoms with Gasteiger partial charge in [-0.3, -0.25) is 9.59 Å². The summed E-state index contributed by atoms with van der Waals surface area (Å²) in [4.78, 5) is 24.8. The molecule has 0 saturated heterocycles. The third kappa shape index (κ3) is 4.55. The average Bonchev–Trinajstić information content (AvgIpc) is 3.29. The van der Waals surface area contributed by atoms with Crippen LogP contribution in [0.1, 0.15) is 47.7 Å². The number of Topliss-reactive ketones (excluding diaryl/α,β-unsaturated/α-hetero) is 1. The van der Waals surface area contributed by atoms with Crippen LogP contribution in [-0.2, 0) is 9.53 Å². The second kappa shape index (κ2) is 7.59. The van der Waals surface area contributed by atoms with Crippen LogP contribution in [0, 0.1) is 13.8 Å². The van der Waals surface area contributed by atoms with Crippen molar-refractivity contribution in [1.82, 2.24) is 5.32 Å². The van der Waals surface area contributed by atoms with Crippen molar-refractivity contribution in [3.8, 4) is 5.75 Å². The van der Waals surface area contributed by atoms with Gasteiger partial charge in [0.15, 0.2) is 5.78 Å². The zero-order chi connectivity index (χ0) is 17.0. The number of rotatable bonds is 8. The molecule has 0 aromatic heterocycles.